The minimum atomic E-state index is -4.56. The van der Waals surface area contributed by atoms with E-state index in [0.717, 1.165) is 37.0 Å². The SMILES string of the molecule is O=S(=O)(CCN1CCc2ccccc21)Nc1ccc(C(F)(F)F)nc1. The minimum absolute atomic E-state index is 0.00909. The molecule has 0 aliphatic carbocycles. The summed E-state index contributed by atoms with van der Waals surface area (Å²) in [6.07, 6.45) is -2.82. The predicted octanol–water partition coefficient (Wildman–Crippen LogP) is 2.90. The van der Waals surface area contributed by atoms with E-state index in [0.29, 0.717) is 6.54 Å². The minimum Gasteiger partial charge on any atom is -0.370 e. The number of rotatable bonds is 5. The van der Waals surface area contributed by atoms with Gasteiger partial charge in [0.05, 0.1) is 17.6 Å². The van der Waals surface area contributed by atoms with Crippen molar-refractivity contribution in [1.29, 1.82) is 0 Å². The molecular weight excluding hydrogens is 355 g/mol. The molecule has 25 heavy (non-hydrogen) atoms. The van der Waals surface area contributed by atoms with Crippen molar-refractivity contribution in [1.82, 2.24) is 4.98 Å². The van der Waals surface area contributed by atoms with Crippen LogP contribution in [0, 0.1) is 0 Å². The Balaban J connectivity index is 1.61. The summed E-state index contributed by atoms with van der Waals surface area (Å²) in [6, 6.07) is 9.60. The zero-order valence-corrected chi connectivity index (χ0v) is 13.9. The highest BCUT2D eigenvalue weighted by Crippen LogP contribution is 2.28. The molecule has 0 amide bonds. The lowest BCUT2D eigenvalue weighted by Crippen LogP contribution is -2.30. The van der Waals surface area contributed by atoms with Crippen LogP contribution in [0.3, 0.4) is 0 Å². The molecule has 134 valence electrons. The van der Waals surface area contributed by atoms with E-state index in [1.807, 2.05) is 29.2 Å². The first-order valence-electron chi connectivity index (χ1n) is 7.61. The number of pyridine rings is 1. The Bertz CT molecular complexity index is 852. The highest BCUT2D eigenvalue weighted by molar-refractivity contribution is 7.92. The number of fused-ring (bicyclic) bond motifs is 1. The Hall–Kier alpha value is -2.29. The van der Waals surface area contributed by atoms with Gasteiger partial charge >= 0.3 is 6.18 Å². The fourth-order valence-electron chi connectivity index (χ4n) is 2.72. The quantitative estimate of drug-likeness (QED) is 0.878. The summed E-state index contributed by atoms with van der Waals surface area (Å²) in [4.78, 5) is 5.22. The standard InChI is InChI=1S/C16H16F3N3O2S/c17-16(18,19)15-6-5-13(11-20-15)21-25(23,24)10-9-22-8-7-12-3-1-2-4-14(12)22/h1-6,11,21H,7-10H2. The average Bonchev–Trinajstić information content (AvgIpc) is 2.96. The normalized spacial score (nSPS) is 14.4. The molecule has 0 spiro atoms. The largest absolute Gasteiger partial charge is 0.433 e. The highest BCUT2D eigenvalue weighted by atomic mass is 32.2. The molecule has 0 saturated heterocycles. The van der Waals surface area contributed by atoms with Crippen molar-refractivity contribution in [3.8, 4) is 0 Å². The van der Waals surface area contributed by atoms with Gasteiger partial charge < -0.3 is 4.90 Å². The van der Waals surface area contributed by atoms with Gasteiger partial charge in [0.25, 0.3) is 0 Å². The van der Waals surface area contributed by atoms with E-state index < -0.39 is 21.9 Å². The van der Waals surface area contributed by atoms with Crippen LogP contribution in [-0.2, 0) is 22.6 Å². The Labute approximate surface area is 143 Å². The molecule has 1 aromatic carbocycles. The smallest absolute Gasteiger partial charge is 0.370 e. The van der Waals surface area contributed by atoms with E-state index in [1.165, 1.54) is 5.56 Å². The molecule has 1 aromatic heterocycles. The number of alkyl halides is 3. The molecule has 1 aliphatic heterocycles. The summed E-state index contributed by atoms with van der Waals surface area (Å²) in [6.45, 7) is 1.05. The van der Waals surface area contributed by atoms with Crippen LogP contribution in [0.25, 0.3) is 0 Å². The zero-order valence-electron chi connectivity index (χ0n) is 13.1. The van der Waals surface area contributed by atoms with Crippen LogP contribution in [-0.4, -0.2) is 32.2 Å². The molecule has 0 bridgehead atoms. The lowest BCUT2D eigenvalue weighted by molar-refractivity contribution is -0.141. The summed E-state index contributed by atoms with van der Waals surface area (Å²) in [5.41, 5.74) is 1.15. The lowest BCUT2D eigenvalue weighted by Gasteiger charge is -2.19. The van der Waals surface area contributed by atoms with Gasteiger partial charge in [-0.15, -0.1) is 0 Å². The second-order valence-electron chi connectivity index (χ2n) is 5.72. The molecule has 0 fully saturated rings. The van der Waals surface area contributed by atoms with Crippen LogP contribution in [0.1, 0.15) is 11.3 Å². The van der Waals surface area contributed by atoms with Crippen molar-refractivity contribution in [3.05, 3.63) is 53.9 Å². The number of halogens is 3. The second-order valence-corrected chi connectivity index (χ2v) is 7.56. The van der Waals surface area contributed by atoms with E-state index in [9.17, 15) is 21.6 Å². The number of hydrogen-bond acceptors (Lipinski definition) is 4. The van der Waals surface area contributed by atoms with Crippen LogP contribution < -0.4 is 9.62 Å². The molecule has 1 N–H and O–H groups in total. The van der Waals surface area contributed by atoms with Crippen molar-refractivity contribution >= 4 is 21.4 Å². The third kappa shape index (κ3) is 4.22. The molecule has 1 aliphatic rings. The number of benzene rings is 1. The van der Waals surface area contributed by atoms with E-state index in [2.05, 4.69) is 9.71 Å². The molecule has 9 heteroatoms. The number of nitrogens with zero attached hydrogens (tertiary/aromatic N) is 2. The van der Waals surface area contributed by atoms with Crippen molar-refractivity contribution in [3.63, 3.8) is 0 Å². The van der Waals surface area contributed by atoms with Gasteiger partial charge in [0.1, 0.15) is 5.69 Å². The first kappa shape index (κ1) is 17.5. The van der Waals surface area contributed by atoms with Crippen LogP contribution in [0.2, 0.25) is 0 Å². The van der Waals surface area contributed by atoms with E-state index >= 15 is 0 Å². The summed E-state index contributed by atoms with van der Waals surface area (Å²) in [7, 11) is -3.69. The highest BCUT2D eigenvalue weighted by Gasteiger charge is 2.32. The van der Waals surface area contributed by atoms with Crippen LogP contribution in [0.5, 0.6) is 0 Å². The van der Waals surface area contributed by atoms with Crippen molar-refractivity contribution < 1.29 is 21.6 Å². The third-order valence-electron chi connectivity index (χ3n) is 3.94. The molecule has 0 atom stereocenters. The van der Waals surface area contributed by atoms with E-state index in [1.54, 1.807) is 0 Å². The van der Waals surface area contributed by atoms with Gasteiger partial charge in [-0.25, -0.2) is 13.4 Å². The molecular formula is C16H16F3N3O2S. The van der Waals surface area contributed by atoms with Gasteiger partial charge in [-0.1, -0.05) is 18.2 Å². The number of para-hydroxylation sites is 1. The molecule has 2 heterocycles. The fourth-order valence-corrected chi connectivity index (χ4v) is 3.76. The van der Waals surface area contributed by atoms with Gasteiger partial charge in [0.2, 0.25) is 10.0 Å². The number of nitrogens with one attached hydrogen (secondary N) is 1. The molecule has 2 aromatic rings. The van der Waals surface area contributed by atoms with Crippen molar-refractivity contribution in [2.24, 2.45) is 0 Å². The maximum absolute atomic E-state index is 12.5. The molecule has 0 radical (unpaired) electrons. The summed E-state index contributed by atoms with van der Waals surface area (Å²) in [5.74, 6) is -0.164. The molecule has 3 rings (SSSR count). The Morgan fingerprint density at radius 3 is 2.60 bits per heavy atom. The van der Waals surface area contributed by atoms with Gasteiger partial charge in [0, 0.05) is 18.8 Å². The Morgan fingerprint density at radius 2 is 1.92 bits per heavy atom. The third-order valence-corrected chi connectivity index (χ3v) is 5.21. The van der Waals surface area contributed by atoms with Gasteiger partial charge in [-0.2, -0.15) is 13.2 Å². The Morgan fingerprint density at radius 1 is 1.16 bits per heavy atom. The van der Waals surface area contributed by atoms with Crippen molar-refractivity contribution in [2.75, 3.05) is 28.5 Å². The number of anilines is 2. The topological polar surface area (TPSA) is 62.3 Å². The Kier molecular flexibility index (Phi) is 4.59. The first-order chi connectivity index (χ1) is 11.7. The summed E-state index contributed by atoms with van der Waals surface area (Å²) in [5, 5.41) is 0. The van der Waals surface area contributed by atoms with Gasteiger partial charge in [0.15, 0.2) is 0 Å². The average molecular weight is 371 g/mol. The summed E-state index contributed by atoms with van der Waals surface area (Å²) >= 11 is 0. The van der Waals surface area contributed by atoms with Crippen LogP contribution in [0.15, 0.2) is 42.6 Å². The molecule has 0 saturated carbocycles. The van der Waals surface area contributed by atoms with Crippen molar-refractivity contribution in [2.45, 2.75) is 12.6 Å². The fraction of sp³-hybridized carbons (Fsp3) is 0.312. The second kappa shape index (κ2) is 6.55. The number of sulfonamides is 1. The first-order valence-corrected chi connectivity index (χ1v) is 9.26. The predicted molar refractivity (Wildman–Crippen MR) is 89.0 cm³/mol. The van der Waals surface area contributed by atoms with E-state index in [4.69, 9.17) is 0 Å². The van der Waals surface area contributed by atoms with E-state index in [-0.39, 0.29) is 11.4 Å². The number of aromatic nitrogens is 1. The van der Waals surface area contributed by atoms with Gasteiger partial charge in [-0.3, -0.25) is 4.72 Å². The maximum atomic E-state index is 12.5. The summed E-state index contributed by atoms with van der Waals surface area (Å²) < 4.78 is 64.0. The van der Waals surface area contributed by atoms with Crippen LogP contribution >= 0.6 is 0 Å². The number of hydrogen-bond donors (Lipinski definition) is 1. The monoisotopic (exact) mass is 371 g/mol. The molecule has 0 unspecified atom stereocenters. The van der Waals surface area contributed by atoms with Crippen LogP contribution in [0.4, 0.5) is 24.5 Å². The molecule has 5 nitrogen and oxygen atoms in total. The van der Waals surface area contributed by atoms with Gasteiger partial charge in [-0.05, 0) is 30.2 Å². The lowest BCUT2D eigenvalue weighted by atomic mass is 10.2. The zero-order chi connectivity index (χ0) is 18.1. The maximum Gasteiger partial charge on any atom is 0.433 e.